The van der Waals surface area contributed by atoms with Crippen molar-refractivity contribution in [2.75, 3.05) is 5.73 Å². The van der Waals surface area contributed by atoms with Gasteiger partial charge in [0.2, 0.25) is 0 Å². The number of anilines is 1. The van der Waals surface area contributed by atoms with E-state index < -0.39 is 0 Å². The number of nitrogens with zero attached hydrogens (tertiary/aromatic N) is 2. The Bertz CT molecular complexity index is 698. The van der Waals surface area contributed by atoms with Crippen LogP contribution in [0.5, 0.6) is 0 Å². The molecule has 0 unspecified atom stereocenters. The van der Waals surface area contributed by atoms with Crippen LogP contribution >= 0.6 is 0 Å². The lowest BCUT2D eigenvalue weighted by Gasteiger charge is -1.96. The third kappa shape index (κ3) is 1.84. The Kier molecular flexibility index (Phi) is 2.53. The number of rotatable bonds is 2. The molecule has 4 nitrogen and oxygen atoms in total. The van der Waals surface area contributed by atoms with Crippen molar-refractivity contribution < 1.29 is 0 Å². The van der Waals surface area contributed by atoms with Crippen LogP contribution in [0, 0.1) is 0 Å². The quantitative estimate of drug-likeness (QED) is 0.718. The number of hydrogen-bond donors (Lipinski definition) is 2. The van der Waals surface area contributed by atoms with Gasteiger partial charge in [-0.15, -0.1) is 0 Å². The van der Waals surface area contributed by atoms with Gasteiger partial charge in [0.05, 0.1) is 5.39 Å². The summed E-state index contributed by atoms with van der Waals surface area (Å²) >= 11 is 0. The minimum absolute atomic E-state index is 0.494. The normalized spacial score (nSPS) is 11.3. The molecule has 0 spiro atoms. The van der Waals surface area contributed by atoms with Crippen molar-refractivity contribution in [1.82, 2.24) is 15.0 Å². The van der Waals surface area contributed by atoms with Crippen molar-refractivity contribution >= 4 is 29.0 Å². The van der Waals surface area contributed by atoms with Crippen molar-refractivity contribution in [2.45, 2.75) is 0 Å². The van der Waals surface area contributed by atoms with Crippen LogP contribution in [0.3, 0.4) is 0 Å². The average molecular weight is 236 g/mol. The number of fused-ring (bicyclic) bond motifs is 1. The second-order valence-electron chi connectivity index (χ2n) is 3.97. The van der Waals surface area contributed by atoms with Crippen LogP contribution < -0.4 is 5.73 Å². The van der Waals surface area contributed by atoms with E-state index in [0.29, 0.717) is 5.82 Å². The van der Waals surface area contributed by atoms with E-state index in [0.717, 1.165) is 22.2 Å². The fourth-order valence-electron chi connectivity index (χ4n) is 1.89. The molecular weight excluding hydrogens is 224 g/mol. The van der Waals surface area contributed by atoms with Gasteiger partial charge >= 0.3 is 0 Å². The van der Waals surface area contributed by atoms with Crippen LogP contribution in [0.25, 0.3) is 23.2 Å². The van der Waals surface area contributed by atoms with Gasteiger partial charge in [-0.2, -0.15) is 0 Å². The zero-order chi connectivity index (χ0) is 12.4. The van der Waals surface area contributed by atoms with E-state index in [4.69, 9.17) is 5.73 Å². The molecule has 18 heavy (non-hydrogen) atoms. The third-order valence-corrected chi connectivity index (χ3v) is 2.78. The Balaban J connectivity index is 2.03. The lowest BCUT2D eigenvalue weighted by atomic mass is 10.1. The summed E-state index contributed by atoms with van der Waals surface area (Å²) in [7, 11) is 0. The molecule has 88 valence electrons. The number of aromatic amines is 1. The predicted octanol–water partition coefficient (Wildman–Crippen LogP) is 2.71. The number of hydrogen-bond acceptors (Lipinski definition) is 3. The van der Waals surface area contributed by atoms with Gasteiger partial charge in [-0.25, -0.2) is 9.97 Å². The summed E-state index contributed by atoms with van der Waals surface area (Å²) in [6, 6.07) is 10.1. The molecule has 0 atom stereocenters. The van der Waals surface area contributed by atoms with Crippen LogP contribution in [0.1, 0.15) is 11.1 Å². The minimum atomic E-state index is 0.494. The summed E-state index contributed by atoms with van der Waals surface area (Å²) in [5, 5.41) is 0.865. The Morgan fingerprint density at radius 1 is 1.06 bits per heavy atom. The van der Waals surface area contributed by atoms with E-state index in [2.05, 4.69) is 15.0 Å². The van der Waals surface area contributed by atoms with Crippen molar-refractivity contribution in [3.05, 3.63) is 54.0 Å². The summed E-state index contributed by atoms with van der Waals surface area (Å²) in [5.41, 5.74) is 8.76. The molecule has 0 bridgehead atoms. The fourth-order valence-corrected chi connectivity index (χ4v) is 1.89. The van der Waals surface area contributed by atoms with E-state index >= 15 is 0 Å². The standard InChI is InChI=1S/C14H12N4/c15-13-12-11(8-16-14(12)18-9-17-13)7-6-10-4-2-1-3-5-10/h1-9H,(H3,15,16,17,18)/b7-6+. The molecule has 0 radical (unpaired) electrons. The lowest BCUT2D eigenvalue weighted by Crippen LogP contribution is -1.92. The first-order valence-corrected chi connectivity index (χ1v) is 5.65. The molecule has 1 aromatic carbocycles. The molecule has 3 rings (SSSR count). The third-order valence-electron chi connectivity index (χ3n) is 2.78. The molecule has 0 aliphatic heterocycles. The molecule has 3 aromatic rings. The SMILES string of the molecule is Nc1ncnc2[nH]cc(/C=C/c3ccccc3)c12. The van der Waals surface area contributed by atoms with Gasteiger partial charge in [-0.3, -0.25) is 0 Å². The maximum atomic E-state index is 5.87. The molecule has 0 aliphatic rings. The average Bonchev–Trinajstić information content (AvgIpc) is 2.82. The van der Waals surface area contributed by atoms with Crippen molar-refractivity contribution in [1.29, 1.82) is 0 Å². The van der Waals surface area contributed by atoms with E-state index in [-0.39, 0.29) is 0 Å². The van der Waals surface area contributed by atoms with E-state index in [1.165, 1.54) is 6.33 Å². The first-order valence-electron chi connectivity index (χ1n) is 5.65. The van der Waals surface area contributed by atoms with Gasteiger partial charge in [0, 0.05) is 11.8 Å². The van der Waals surface area contributed by atoms with Gasteiger partial charge in [-0.1, -0.05) is 42.5 Å². The molecule has 0 saturated carbocycles. The molecule has 0 fully saturated rings. The van der Waals surface area contributed by atoms with Crippen LogP contribution in [0.4, 0.5) is 5.82 Å². The molecule has 4 heteroatoms. The first-order chi connectivity index (χ1) is 8.84. The minimum Gasteiger partial charge on any atom is -0.383 e. The highest BCUT2D eigenvalue weighted by molar-refractivity contribution is 5.95. The van der Waals surface area contributed by atoms with Gasteiger partial charge < -0.3 is 10.7 Å². The maximum Gasteiger partial charge on any atom is 0.143 e. The Morgan fingerprint density at radius 2 is 1.89 bits per heavy atom. The second-order valence-corrected chi connectivity index (χ2v) is 3.97. The predicted molar refractivity (Wildman–Crippen MR) is 73.7 cm³/mol. The summed E-state index contributed by atoms with van der Waals surface area (Å²) < 4.78 is 0. The Morgan fingerprint density at radius 3 is 2.72 bits per heavy atom. The number of benzene rings is 1. The van der Waals surface area contributed by atoms with Crippen molar-refractivity contribution in [3.8, 4) is 0 Å². The molecule has 0 aliphatic carbocycles. The van der Waals surface area contributed by atoms with E-state index in [1.807, 2.05) is 48.7 Å². The first kappa shape index (κ1) is 10.5. The monoisotopic (exact) mass is 236 g/mol. The van der Waals surface area contributed by atoms with Crippen molar-refractivity contribution in [2.24, 2.45) is 0 Å². The zero-order valence-electron chi connectivity index (χ0n) is 9.67. The number of nitrogens with one attached hydrogen (secondary N) is 1. The van der Waals surface area contributed by atoms with Crippen molar-refractivity contribution in [3.63, 3.8) is 0 Å². The Hall–Kier alpha value is -2.62. The van der Waals surface area contributed by atoms with E-state index in [1.54, 1.807) is 0 Å². The molecule has 0 amide bonds. The summed E-state index contributed by atoms with van der Waals surface area (Å²) in [4.78, 5) is 11.2. The molecular formula is C14H12N4. The summed E-state index contributed by atoms with van der Waals surface area (Å²) in [6.45, 7) is 0. The second kappa shape index (κ2) is 4.33. The van der Waals surface area contributed by atoms with Gasteiger partial charge in [0.1, 0.15) is 17.8 Å². The molecule has 3 N–H and O–H groups in total. The molecule has 2 aromatic heterocycles. The van der Waals surface area contributed by atoms with Gasteiger partial charge in [0.25, 0.3) is 0 Å². The lowest BCUT2D eigenvalue weighted by molar-refractivity contribution is 1.21. The smallest absolute Gasteiger partial charge is 0.143 e. The number of nitrogens with two attached hydrogens (primary N) is 1. The largest absolute Gasteiger partial charge is 0.383 e. The van der Waals surface area contributed by atoms with Crippen LogP contribution in [0.15, 0.2) is 42.9 Å². The maximum absolute atomic E-state index is 5.87. The molecule has 2 heterocycles. The highest BCUT2D eigenvalue weighted by Gasteiger charge is 2.05. The van der Waals surface area contributed by atoms with Crippen LogP contribution in [-0.2, 0) is 0 Å². The van der Waals surface area contributed by atoms with Gasteiger partial charge in [0.15, 0.2) is 0 Å². The van der Waals surface area contributed by atoms with Gasteiger partial charge in [-0.05, 0) is 5.56 Å². The van der Waals surface area contributed by atoms with E-state index in [9.17, 15) is 0 Å². The van der Waals surface area contributed by atoms with Crippen LogP contribution in [0.2, 0.25) is 0 Å². The Labute approximate surface area is 104 Å². The number of nitrogen functional groups attached to an aromatic ring is 1. The highest BCUT2D eigenvalue weighted by atomic mass is 15.0. The summed E-state index contributed by atoms with van der Waals surface area (Å²) in [6.07, 6.45) is 7.39. The summed E-state index contributed by atoms with van der Waals surface area (Å²) in [5.74, 6) is 0.494. The number of aromatic nitrogens is 3. The molecule has 0 saturated heterocycles. The number of H-pyrrole nitrogens is 1. The fraction of sp³-hybridized carbons (Fsp3) is 0. The highest BCUT2D eigenvalue weighted by Crippen LogP contribution is 2.22. The van der Waals surface area contributed by atoms with Crippen LogP contribution in [-0.4, -0.2) is 15.0 Å². The zero-order valence-corrected chi connectivity index (χ0v) is 9.67. The topological polar surface area (TPSA) is 67.6 Å².